The molecule has 2 amide bonds. The molecule has 0 spiro atoms. The molecule has 0 heterocycles. The molecule has 1 N–H and O–H groups in total. The normalized spacial score (nSPS) is 9.72. The van der Waals surface area contributed by atoms with E-state index in [2.05, 4.69) is 10.1 Å². The number of halogens is 1. The van der Waals surface area contributed by atoms with Gasteiger partial charge in [-0.3, -0.25) is 4.79 Å². The van der Waals surface area contributed by atoms with E-state index < -0.39 is 12.0 Å². The van der Waals surface area contributed by atoms with Crippen LogP contribution in [0.5, 0.6) is 0 Å². The number of para-hydroxylation sites is 1. The molecule has 98 valence electrons. The molecule has 0 aliphatic heterocycles. The summed E-state index contributed by atoms with van der Waals surface area (Å²) in [4.78, 5) is 24.4. The van der Waals surface area contributed by atoms with Crippen molar-refractivity contribution in [3.63, 3.8) is 0 Å². The lowest BCUT2D eigenvalue weighted by Crippen LogP contribution is -2.39. The molecule has 0 saturated carbocycles. The van der Waals surface area contributed by atoms with Crippen molar-refractivity contribution in [3.05, 3.63) is 29.3 Å². The first-order valence-electron chi connectivity index (χ1n) is 5.45. The van der Waals surface area contributed by atoms with E-state index in [-0.39, 0.29) is 6.54 Å². The Morgan fingerprint density at radius 3 is 2.61 bits per heavy atom. The van der Waals surface area contributed by atoms with Crippen LogP contribution in [0, 0.1) is 0 Å². The first-order chi connectivity index (χ1) is 8.58. The highest BCUT2D eigenvalue weighted by Gasteiger charge is 2.16. The zero-order chi connectivity index (χ0) is 13.5. The monoisotopic (exact) mass is 270 g/mol. The van der Waals surface area contributed by atoms with E-state index in [1.54, 1.807) is 31.2 Å². The maximum atomic E-state index is 11.9. The van der Waals surface area contributed by atoms with Gasteiger partial charge in [0, 0.05) is 6.54 Å². The summed E-state index contributed by atoms with van der Waals surface area (Å²) in [6, 6.07) is 6.50. The van der Waals surface area contributed by atoms with Gasteiger partial charge in [-0.2, -0.15) is 0 Å². The first kappa shape index (κ1) is 14.3. The number of likely N-dealkylation sites (N-methyl/N-ethyl adjacent to an activating group) is 1. The highest BCUT2D eigenvalue weighted by Crippen LogP contribution is 2.20. The maximum absolute atomic E-state index is 11.9. The number of benzene rings is 1. The summed E-state index contributed by atoms with van der Waals surface area (Å²) in [6.45, 7) is 2.07. The van der Waals surface area contributed by atoms with Crippen LogP contribution in [0.25, 0.3) is 0 Å². The smallest absolute Gasteiger partial charge is 0.325 e. The second kappa shape index (κ2) is 6.86. The molecule has 18 heavy (non-hydrogen) atoms. The largest absolute Gasteiger partial charge is 0.468 e. The zero-order valence-corrected chi connectivity index (χ0v) is 11.0. The lowest BCUT2D eigenvalue weighted by Gasteiger charge is -2.20. The van der Waals surface area contributed by atoms with Crippen molar-refractivity contribution in [2.75, 3.05) is 25.5 Å². The third kappa shape index (κ3) is 3.92. The molecule has 0 saturated heterocycles. The molecule has 0 aliphatic rings. The number of carbonyl (C=O) groups excluding carboxylic acids is 2. The molecular weight excluding hydrogens is 256 g/mol. The van der Waals surface area contributed by atoms with Crippen LogP contribution in [0.2, 0.25) is 5.02 Å². The molecule has 0 aromatic heterocycles. The van der Waals surface area contributed by atoms with Crippen LogP contribution in [-0.4, -0.2) is 37.1 Å². The van der Waals surface area contributed by atoms with Gasteiger partial charge in [0.1, 0.15) is 6.54 Å². The van der Waals surface area contributed by atoms with Crippen molar-refractivity contribution in [1.82, 2.24) is 4.90 Å². The predicted octanol–water partition coefficient (Wildman–Crippen LogP) is 2.37. The van der Waals surface area contributed by atoms with Gasteiger partial charge in [-0.1, -0.05) is 23.7 Å². The van der Waals surface area contributed by atoms with Crippen LogP contribution in [0.4, 0.5) is 10.5 Å². The fourth-order valence-electron chi connectivity index (χ4n) is 1.30. The standard InChI is InChI=1S/C12H15ClN2O3/c1-3-15(8-11(16)18-2)12(17)14-10-7-5-4-6-9(10)13/h4-7H,3,8H2,1-2H3,(H,14,17). The van der Waals surface area contributed by atoms with E-state index in [0.29, 0.717) is 17.3 Å². The predicted molar refractivity (Wildman–Crippen MR) is 69.7 cm³/mol. The Morgan fingerprint density at radius 2 is 2.06 bits per heavy atom. The average molecular weight is 271 g/mol. The number of esters is 1. The highest BCUT2D eigenvalue weighted by atomic mass is 35.5. The number of hydrogen-bond donors (Lipinski definition) is 1. The SMILES string of the molecule is CCN(CC(=O)OC)C(=O)Nc1ccccc1Cl. The summed E-state index contributed by atoms with van der Waals surface area (Å²) in [5.74, 6) is -0.467. The van der Waals surface area contributed by atoms with E-state index >= 15 is 0 Å². The molecule has 0 unspecified atom stereocenters. The minimum atomic E-state index is -0.467. The van der Waals surface area contributed by atoms with E-state index in [9.17, 15) is 9.59 Å². The number of nitrogens with zero attached hydrogens (tertiary/aromatic N) is 1. The summed E-state index contributed by atoms with van der Waals surface area (Å²) in [6.07, 6.45) is 0. The van der Waals surface area contributed by atoms with Gasteiger partial charge in [0.15, 0.2) is 0 Å². The number of amides is 2. The molecule has 0 atom stereocenters. The van der Waals surface area contributed by atoms with Crippen LogP contribution < -0.4 is 5.32 Å². The number of urea groups is 1. The number of anilines is 1. The van der Waals surface area contributed by atoms with Crippen LogP contribution in [0.3, 0.4) is 0 Å². The minimum absolute atomic E-state index is 0.0940. The summed E-state index contributed by atoms with van der Waals surface area (Å²) in [5, 5.41) is 3.08. The van der Waals surface area contributed by atoms with Crippen LogP contribution in [0.15, 0.2) is 24.3 Å². The molecule has 1 aromatic carbocycles. The maximum Gasteiger partial charge on any atom is 0.325 e. The van der Waals surface area contributed by atoms with E-state index in [1.807, 2.05) is 0 Å². The van der Waals surface area contributed by atoms with Gasteiger partial charge in [-0.05, 0) is 19.1 Å². The number of carbonyl (C=O) groups is 2. The highest BCUT2D eigenvalue weighted by molar-refractivity contribution is 6.33. The summed E-state index contributed by atoms with van der Waals surface area (Å²) >= 11 is 5.92. The molecule has 6 heteroatoms. The average Bonchev–Trinajstić information content (AvgIpc) is 2.38. The third-order valence-electron chi connectivity index (χ3n) is 2.33. The second-order valence-corrected chi connectivity index (χ2v) is 3.91. The molecule has 5 nitrogen and oxygen atoms in total. The molecule has 0 bridgehead atoms. The Labute approximate surface area is 111 Å². The second-order valence-electron chi connectivity index (χ2n) is 3.50. The molecule has 0 aliphatic carbocycles. The minimum Gasteiger partial charge on any atom is -0.468 e. The van der Waals surface area contributed by atoms with Gasteiger partial charge in [-0.25, -0.2) is 4.79 Å². The number of ether oxygens (including phenoxy) is 1. The molecular formula is C12H15ClN2O3. The zero-order valence-electron chi connectivity index (χ0n) is 10.3. The Kier molecular flexibility index (Phi) is 5.45. The number of rotatable bonds is 4. The van der Waals surface area contributed by atoms with Crippen molar-refractivity contribution in [2.45, 2.75) is 6.92 Å². The van der Waals surface area contributed by atoms with E-state index in [1.165, 1.54) is 12.0 Å². The first-order valence-corrected chi connectivity index (χ1v) is 5.83. The molecule has 0 radical (unpaired) electrons. The lowest BCUT2D eigenvalue weighted by molar-refractivity contribution is -0.141. The van der Waals surface area contributed by atoms with Crippen molar-refractivity contribution >= 4 is 29.3 Å². The summed E-state index contributed by atoms with van der Waals surface area (Å²) in [5.41, 5.74) is 0.507. The fourth-order valence-corrected chi connectivity index (χ4v) is 1.49. The fraction of sp³-hybridized carbons (Fsp3) is 0.333. The quantitative estimate of drug-likeness (QED) is 0.855. The van der Waals surface area contributed by atoms with Gasteiger partial charge in [0.25, 0.3) is 0 Å². The summed E-state index contributed by atoms with van der Waals surface area (Å²) < 4.78 is 4.52. The Hall–Kier alpha value is -1.75. The van der Waals surface area contributed by atoms with Crippen LogP contribution in [-0.2, 0) is 9.53 Å². The number of methoxy groups -OCH3 is 1. The molecule has 1 rings (SSSR count). The van der Waals surface area contributed by atoms with Gasteiger partial charge in [-0.15, -0.1) is 0 Å². The molecule has 0 fully saturated rings. The van der Waals surface area contributed by atoms with E-state index in [0.717, 1.165) is 0 Å². The van der Waals surface area contributed by atoms with Crippen molar-refractivity contribution in [1.29, 1.82) is 0 Å². The van der Waals surface area contributed by atoms with Crippen molar-refractivity contribution in [3.8, 4) is 0 Å². The van der Waals surface area contributed by atoms with Gasteiger partial charge in [0.05, 0.1) is 17.8 Å². The number of hydrogen-bond acceptors (Lipinski definition) is 3. The van der Waals surface area contributed by atoms with Gasteiger partial charge >= 0.3 is 12.0 Å². The third-order valence-corrected chi connectivity index (χ3v) is 2.66. The van der Waals surface area contributed by atoms with Crippen molar-refractivity contribution in [2.24, 2.45) is 0 Å². The Morgan fingerprint density at radius 1 is 1.39 bits per heavy atom. The van der Waals surface area contributed by atoms with E-state index in [4.69, 9.17) is 11.6 Å². The lowest BCUT2D eigenvalue weighted by atomic mass is 10.3. The van der Waals surface area contributed by atoms with Crippen LogP contribution >= 0.6 is 11.6 Å². The van der Waals surface area contributed by atoms with Gasteiger partial charge in [0.2, 0.25) is 0 Å². The Bertz CT molecular complexity index is 437. The summed E-state index contributed by atoms with van der Waals surface area (Å²) in [7, 11) is 1.28. The Balaban J connectivity index is 2.68. The van der Waals surface area contributed by atoms with Crippen LogP contribution in [0.1, 0.15) is 6.92 Å². The van der Waals surface area contributed by atoms with Crippen molar-refractivity contribution < 1.29 is 14.3 Å². The number of nitrogens with one attached hydrogen (secondary N) is 1. The topological polar surface area (TPSA) is 58.6 Å². The molecule has 1 aromatic rings. The van der Waals surface area contributed by atoms with Gasteiger partial charge < -0.3 is 15.0 Å².